The molecule has 1 aliphatic heterocycles. The van der Waals surface area contributed by atoms with Gasteiger partial charge in [0.1, 0.15) is 5.75 Å². The molecule has 2 heterocycles. The number of methoxy groups -OCH3 is 1. The van der Waals surface area contributed by atoms with Crippen molar-refractivity contribution in [1.29, 1.82) is 0 Å². The first-order valence-corrected chi connectivity index (χ1v) is 13.9. The molecular formula is C29H37N3O3S. The van der Waals surface area contributed by atoms with Crippen LogP contribution in [0.5, 0.6) is 5.75 Å². The lowest BCUT2D eigenvalue weighted by molar-refractivity contribution is 0.0780. The molecule has 2 N–H and O–H groups in total. The van der Waals surface area contributed by atoms with Crippen LogP contribution in [-0.4, -0.2) is 43.8 Å². The van der Waals surface area contributed by atoms with Crippen LogP contribution in [0.25, 0.3) is 11.3 Å². The number of anilines is 1. The number of ether oxygens (including phenoxy) is 2. The molecule has 0 bridgehead atoms. The molecule has 0 atom stereocenters. The third-order valence-corrected chi connectivity index (χ3v) is 7.35. The van der Waals surface area contributed by atoms with Gasteiger partial charge in [-0.25, -0.2) is 4.98 Å². The van der Waals surface area contributed by atoms with Crippen LogP contribution in [0, 0.1) is 0 Å². The quantitative estimate of drug-likeness (QED) is 0.289. The number of aromatic nitrogens is 1. The highest BCUT2D eigenvalue weighted by Crippen LogP contribution is 2.33. The van der Waals surface area contributed by atoms with E-state index in [9.17, 15) is 4.79 Å². The first-order valence-electron chi connectivity index (χ1n) is 13.0. The van der Waals surface area contributed by atoms with Gasteiger partial charge in [-0.3, -0.25) is 10.1 Å². The van der Waals surface area contributed by atoms with E-state index in [0.717, 1.165) is 81.7 Å². The Balaban J connectivity index is 1.30. The molecule has 0 saturated carbocycles. The Labute approximate surface area is 218 Å². The van der Waals surface area contributed by atoms with Crippen LogP contribution in [0.2, 0.25) is 0 Å². The Kier molecular flexibility index (Phi) is 9.90. The Bertz CT molecular complexity index is 1110. The predicted octanol–water partition coefficient (Wildman–Crippen LogP) is 6.11. The lowest BCUT2D eigenvalue weighted by Gasteiger charge is -2.23. The maximum absolute atomic E-state index is 12.8. The summed E-state index contributed by atoms with van der Waals surface area (Å²) < 4.78 is 11.0. The molecule has 1 fully saturated rings. The monoisotopic (exact) mass is 507 g/mol. The molecule has 192 valence electrons. The fraction of sp³-hybridized carbons (Fsp3) is 0.448. The minimum atomic E-state index is -0.146. The standard InChI is InChI=1S/C29H37N3O3S/c1-3-4-6-22-10-13-27(34-2)25(19-22)26-20-36-29(31-26)32-28(33)23-11-8-21(9-12-23)7-5-16-30-24-14-17-35-18-15-24/h8-13,19-20,24,30H,3-7,14-18H2,1-2H3,(H,31,32,33). The highest BCUT2D eigenvalue weighted by Gasteiger charge is 2.14. The highest BCUT2D eigenvalue weighted by atomic mass is 32.1. The number of hydrogen-bond donors (Lipinski definition) is 2. The van der Waals surface area contributed by atoms with Crippen molar-refractivity contribution < 1.29 is 14.3 Å². The van der Waals surface area contributed by atoms with E-state index in [0.29, 0.717) is 16.7 Å². The van der Waals surface area contributed by atoms with Crippen molar-refractivity contribution >= 4 is 22.4 Å². The van der Waals surface area contributed by atoms with Crippen molar-refractivity contribution in [3.8, 4) is 17.0 Å². The first kappa shape index (κ1) is 26.3. The summed E-state index contributed by atoms with van der Waals surface area (Å²) in [6, 6.07) is 14.7. The van der Waals surface area contributed by atoms with Crippen LogP contribution in [0.3, 0.4) is 0 Å². The smallest absolute Gasteiger partial charge is 0.257 e. The van der Waals surface area contributed by atoms with Crippen molar-refractivity contribution in [1.82, 2.24) is 10.3 Å². The second kappa shape index (κ2) is 13.5. The zero-order valence-corrected chi connectivity index (χ0v) is 22.2. The number of carbonyl (C=O) groups is 1. The van der Waals surface area contributed by atoms with Crippen LogP contribution in [-0.2, 0) is 17.6 Å². The van der Waals surface area contributed by atoms with Gasteiger partial charge in [0, 0.05) is 35.8 Å². The van der Waals surface area contributed by atoms with E-state index in [2.05, 4.69) is 34.7 Å². The van der Waals surface area contributed by atoms with Gasteiger partial charge in [0.05, 0.1) is 12.8 Å². The van der Waals surface area contributed by atoms with Gasteiger partial charge in [-0.15, -0.1) is 11.3 Å². The van der Waals surface area contributed by atoms with Gasteiger partial charge in [0.25, 0.3) is 5.91 Å². The summed E-state index contributed by atoms with van der Waals surface area (Å²) in [7, 11) is 1.67. The maximum atomic E-state index is 12.8. The number of unbranched alkanes of at least 4 members (excludes halogenated alkanes) is 1. The number of amides is 1. The van der Waals surface area contributed by atoms with Gasteiger partial charge >= 0.3 is 0 Å². The third kappa shape index (κ3) is 7.38. The molecule has 7 heteroatoms. The Morgan fingerprint density at radius 2 is 1.83 bits per heavy atom. The van der Waals surface area contributed by atoms with E-state index in [1.807, 2.05) is 35.7 Å². The maximum Gasteiger partial charge on any atom is 0.257 e. The summed E-state index contributed by atoms with van der Waals surface area (Å²) in [6.45, 7) is 4.93. The van der Waals surface area contributed by atoms with Gasteiger partial charge in [-0.05, 0) is 80.5 Å². The molecule has 0 aliphatic carbocycles. The van der Waals surface area contributed by atoms with Gasteiger partial charge < -0.3 is 14.8 Å². The summed E-state index contributed by atoms with van der Waals surface area (Å²) in [5, 5.41) is 9.12. The molecule has 36 heavy (non-hydrogen) atoms. The fourth-order valence-electron chi connectivity index (χ4n) is 4.44. The molecule has 1 saturated heterocycles. The van der Waals surface area contributed by atoms with Gasteiger partial charge in [-0.2, -0.15) is 0 Å². The van der Waals surface area contributed by atoms with Crippen LogP contribution in [0.1, 0.15) is 60.5 Å². The molecule has 6 nitrogen and oxygen atoms in total. The molecule has 2 aromatic carbocycles. The number of rotatable bonds is 12. The Morgan fingerprint density at radius 1 is 1.08 bits per heavy atom. The number of nitrogens with one attached hydrogen (secondary N) is 2. The molecule has 1 amide bonds. The van der Waals surface area contributed by atoms with Crippen molar-refractivity contribution in [2.75, 3.05) is 32.2 Å². The summed E-state index contributed by atoms with van der Waals surface area (Å²) in [6.07, 6.45) is 7.61. The topological polar surface area (TPSA) is 72.5 Å². The van der Waals surface area contributed by atoms with E-state index >= 15 is 0 Å². The van der Waals surface area contributed by atoms with E-state index < -0.39 is 0 Å². The number of thiazole rings is 1. The Morgan fingerprint density at radius 3 is 2.58 bits per heavy atom. The first-order chi connectivity index (χ1) is 17.7. The van der Waals surface area contributed by atoms with Crippen LogP contribution in [0.4, 0.5) is 5.13 Å². The number of benzene rings is 2. The summed E-state index contributed by atoms with van der Waals surface area (Å²) in [5.41, 5.74) is 4.92. The number of hydrogen-bond acceptors (Lipinski definition) is 6. The molecule has 0 spiro atoms. The van der Waals surface area contributed by atoms with Crippen molar-refractivity contribution in [3.63, 3.8) is 0 Å². The average molecular weight is 508 g/mol. The van der Waals surface area contributed by atoms with Crippen LogP contribution in [0.15, 0.2) is 47.8 Å². The van der Waals surface area contributed by atoms with E-state index in [4.69, 9.17) is 9.47 Å². The molecule has 1 aliphatic rings. The van der Waals surface area contributed by atoms with Crippen LogP contribution < -0.4 is 15.4 Å². The zero-order valence-electron chi connectivity index (χ0n) is 21.3. The second-order valence-electron chi connectivity index (χ2n) is 9.27. The molecule has 1 aromatic heterocycles. The van der Waals surface area contributed by atoms with Gasteiger partial charge in [-0.1, -0.05) is 31.5 Å². The number of nitrogens with zero attached hydrogens (tertiary/aromatic N) is 1. The third-order valence-electron chi connectivity index (χ3n) is 6.60. The minimum absolute atomic E-state index is 0.146. The second-order valence-corrected chi connectivity index (χ2v) is 10.1. The molecule has 4 rings (SSSR count). The van der Waals surface area contributed by atoms with Gasteiger partial charge in [0.15, 0.2) is 5.13 Å². The molecule has 3 aromatic rings. The van der Waals surface area contributed by atoms with Gasteiger partial charge in [0.2, 0.25) is 0 Å². The van der Waals surface area contributed by atoms with E-state index in [1.165, 1.54) is 22.5 Å². The minimum Gasteiger partial charge on any atom is -0.496 e. The summed E-state index contributed by atoms with van der Waals surface area (Å²) in [4.78, 5) is 17.5. The summed E-state index contributed by atoms with van der Waals surface area (Å²) in [5.74, 6) is 0.643. The molecule has 0 radical (unpaired) electrons. The Hall–Kier alpha value is -2.74. The largest absolute Gasteiger partial charge is 0.496 e. The van der Waals surface area contributed by atoms with Crippen molar-refractivity contribution in [2.45, 2.75) is 57.9 Å². The van der Waals surface area contributed by atoms with Crippen molar-refractivity contribution in [2.24, 2.45) is 0 Å². The molecule has 0 unspecified atom stereocenters. The lowest BCUT2D eigenvalue weighted by atomic mass is 10.0. The highest BCUT2D eigenvalue weighted by molar-refractivity contribution is 7.14. The SMILES string of the molecule is CCCCc1ccc(OC)c(-c2csc(NC(=O)c3ccc(CCCNC4CCOCC4)cc3)n2)c1. The number of aryl methyl sites for hydroxylation is 2. The average Bonchev–Trinajstić information content (AvgIpc) is 3.39. The predicted molar refractivity (Wildman–Crippen MR) is 147 cm³/mol. The fourth-order valence-corrected chi connectivity index (χ4v) is 5.14. The summed E-state index contributed by atoms with van der Waals surface area (Å²) >= 11 is 1.43. The van der Waals surface area contributed by atoms with Crippen molar-refractivity contribution in [3.05, 3.63) is 64.5 Å². The van der Waals surface area contributed by atoms with E-state index in [1.54, 1.807) is 7.11 Å². The van der Waals surface area contributed by atoms with Crippen LogP contribution >= 0.6 is 11.3 Å². The molecular weight excluding hydrogens is 470 g/mol. The van der Waals surface area contributed by atoms with E-state index in [-0.39, 0.29) is 5.91 Å². The normalized spacial score (nSPS) is 14.1. The zero-order chi connectivity index (χ0) is 25.2. The number of carbonyl (C=O) groups excluding carboxylic acids is 1. The lowest BCUT2D eigenvalue weighted by Crippen LogP contribution is -2.35.